The van der Waals surface area contributed by atoms with Crippen molar-refractivity contribution >= 4 is 33.2 Å². The number of benzene rings is 2. The molecule has 0 unspecified atom stereocenters. The van der Waals surface area contributed by atoms with Crippen LogP contribution < -0.4 is 14.8 Å². The highest BCUT2D eigenvalue weighted by atomic mass is 79.9. The molecule has 0 aliphatic heterocycles. The van der Waals surface area contributed by atoms with Crippen LogP contribution in [-0.2, 0) is 6.54 Å². The predicted molar refractivity (Wildman–Crippen MR) is 86.0 cm³/mol. The molecule has 0 fully saturated rings. The number of ether oxygens (including phenoxy) is 2. The van der Waals surface area contributed by atoms with E-state index in [0.717, 1.165) is 5.56 Å². The number of nitrogens with one attached hydrogen (secondary N) is 1. The molecule has 0 saturated carbocycles. The fourth-order valence-corrected chi connectivity index (χ4v) is 2.55. The van der Waals surface area contributed by atoms with Crippen LogP contribution in [0.5, 0.6) is 11.5 Å². The smallest absolute Gasteiger partial charge is 0.179 e. The van der Waals surface area contributed by atoms with Crippen LogP contribution in [-0.4, -0.2) is 14.2 Å². The average molecular weight is 375 g/mol. The van der Waals surface area contributed by atoms with Crippen LogP contribution in [0.2, 0.25) is 5.02 Å². The molecule has 112 valence electrons. The minimum Gasteiger partial charge on any atom is -0.493 e. The van der Waals surface area contributed by atoms with E-state index in [0.29, 0.717) is 33.2 Å². The Hall–Kier alpha value is -1.46. The van der Waals surface area contributed by atoms with Gasteiger partial charge in [-0.1, -0.05) is 27.5 Å². The second-order valence-electron chi connectivity index (χ2n) is 4.29. The standard InChI is InChI=1S/C15H14BrClFNO2/c1-20-14-6-9(5-11(17)15(14)21-2)8-19-13-4-3-10(16)7-12(13)18/h3-7,19H,8H2,1-2H3. The largest absolute Gasteiger partial charge is 0.493 e. The van der Waals surface area contributed by atoms with Gasteiger partial charge < -0.3 is 14.8 Å². The van der Waals surface area contributed by atoms with Crippen LogP contribution in [0, 0.1) is 5.82 Å². The van der Waals surface area contributed by atoms with Gasteiger partial charge in [-0.2, -0.15) is 0 Å². The molecule has 0 aliphatic carbocycles. The predicted octanol–water partition coefficient (Wildman–Crippen LogP) is 4.87. The molecule has 0 bridgehead atoms. The molecule has 3 nitrogen and oxygen atoms in total. The normalized spacial score (nSPS) is 10.3. The molecule has 0 radical (unpaired) electrons. The van der Waals surface area contributed by atoms with Gasteiger partial charge >= 0.3 is 0 Å². The Kier molecular flexibility index (Phi) is 5.31. The maximum Gasteiger partial charge on any atom is 0.179 e. The number of rotatable bonds is 5. The van der Waals surface area contributed by atoms with Gasteiger partial charge in [-0.3, -0.25) is 0 Å². The van der Waals surface area contributed by atoms with Gasteiger partial charge in [0.1, 0.15) is 5.82 Å². The summed E-state index contributed by atoms with van der Waals surface area (Å²) < 4.78 is 24.8. The van der Waals surface area contributed by atoms with E-state index in [4.69, 9.17) is 21.1 Å². The van der Waals surface area contributed by atoms with Crippen molar-refractivity contribution in [3.8, 4) is 11.5 Å². The third-order valence-corrected chi connectivity index (χ3v) is 3.68. The Labute approximate surface area is 136 Å². The van der Waals surface area contributed by atoms with Crippen molar-refractivity contribution in [2.45, 2.75) is 6.54 Å². The lowest BCUT2D eigenvalue weighted by atomic mass is 10.2. The van der Waals surface area contributed by atoms with E-state index in [-0.39, 0.29) is 5.82 Å². The van der Waals surface area contributed by atoms with E-state index in [1.165, 1.54) is 13.2 Å². The summed E-state index contributed by atoms with van der Waals surface area (Å²) in [6, 6.07) is 8.40. The van der Waals surface area contributed by atoms with Gasteiger partial charge in [0.2, 0.25) is 0 Å². The van der Waals surface area contributed by atoms with E-state index >= 15 is 0 Å². The number of methoxy groups -OCH3 is 2. The number of halogens is 3. The number of anilines is 1. The van der Waals surface area contributed by atoms with E-state index in [1.807, 2.05) is 0 Å². The number of hydrogen-bond acceptors (Lipinski definition) is 3. The first-order valence-corrected chi connectivity index (χ1v) is 7.31. The Morgan fingerprint density at radius 1 is 1.19 bits per heavy atom. The summed E-state index contributed by atoms with van der Waals surface area (Å²) >= 11 is 9.36. The molecular formula is C15H14BrClFNO2. The second kappa shape index (κ2) is 7.00. The molecule has 0 aromatic heterocycles. The van der Waals surface area contributed by atoms with Gasteiger partial charge in [0.05, 0.1) is 24.9 Å². The maximum atomic E-state index is 13.7. The molecule has 21 heavy (non-hydrogen) atoms. The van der Waals surface area contributed by atoms with Crippen molar-refractivity contribution in [1.82, 2.24) is 0 Å². The van der Waals surface area contributed by atoms with Crippen molar-refractivity contribution in [2.24, 2.45) is 0 Å². The van der Waals surface area contributed by atoms with Gasteiger partial charge in [0, 0.05) is 11.0 Å². The van der Waals surface area contributed by atoms with Crippen molar-refractivity contribution in [1.29, 1.82) is 0 Å². The molecule has 0 atom stereocenters. The van der Waals surface area contributed by atoms with Gasteiger partial charge in [0.15, 0.2) is 11.5 Å². The first-order chi connectivity index (χ1) is 10.0. The highest BCUT2D eigenvalue weighted by Gasteiger charge is 2.11. The van der Waals surface area contributed by atoms with Crippen LogP contribution in [0.25, 0.3) is 0 Å². The van der Waals surface area contributed by atoms with Crippen LogP contribution in [0.3, 0.4) is 0 Å². The Morgan fingerprint density at radius 3 is 2.57 bits per heavy atom. The van der Waals surface area contributed by atoms with Gasteiger partial charge in [-0.05, 0) is 35.9 Å². The Morgan fingerprint density at radius 2 is 1.95 bits per heavy atom. The van der Waals surface area contributed by atoms with Crippen LogP contribution in [0.1, 0.15) is 5.56 Å². The molecule has 0 saturated heterocycles. The van der Waals surface area contributed by atoms with Gasteiger partial charge in [-0.25, -0.2) is 4.39 Å². The van der Waals surface area contributed by atoms with Gasteiger partial charge in [0.25, 0.3) is 0 Å². The zero-order chi connectivity index (χ0) is 15.4. The van der Waals surface area contributed by atoms with Crippen molar-refractivity contribution in [3.63, 3.8) is 0 Å². The highest BCUT2D eigenvalue weighted by Crippen LogP contribution is 2.36. The summed E-state index contributed by atoms with van der Waals surface area (Å²) in [6.45, 7) is 0.415. The molecule has 2 aromatic carbocycles. The van der Waals surface area contributed by atoms with E-state index in [9.17, 15) is 4.39 Å². The Bertz CT molecular complexity index is 652. The topological polar surface area (TPSA) is 30.5 Å². The molecule has 0 aliphatic rings. The first kappa shape index (κ1) is 15.9. The summed E-state index contributed by atoms with van der Waals surface area (Å²) in [5.41, 5.74) is 1.28. The average Bonchev–Trinajstić information content (AvgIpc) is 2.45. The molecule has 1 N–H and O–H groups in total. The summed E-state index contributed by atoms with van der Waals surface area (Å²) in [5, 5.41) is 3.47. The fourth-order valence-electron chi connectivity index (χ4n) is 1.90. The lowest BCUT2D eigenvalue weighted by Crippen LogP contribution is -2.02. The third-order valence-electron chi connectivity index (χ3n) is 2.91. The van der Waals surface area contributed by atoms with Crippen LogP contribution >= 0.6 is 27.5 Å². The minimum atomic E-state index is -0.323. The molecule has 0 spiro atoms. The van der Waals surface area contributed by atoms with Gasteiger partial charge in [-0.15, -0.1) is 0 Å². The second-order valence-corrected chi connectivity index (χ2v) is 5.61. The quantitative estimate of drug-likeness (QED) is 0.810. The molecule has 2 aromatic rings. The van der Waals surface area contributed by atoms with E-state index in [2.05, 4.69) is 21.2 Å². The zero-order valence-electron chi connectivity index (χ0n) is 11.5. The van der Waals surface area contributed by atoms with Crippen molar-refractivity contribution in [2.75, 3.05) is 19.5 Å². The lowest BCUT2D eigenvalue weighted by molar-refractivity contribution is 0.355. The monoisotopic (exact) mass is 373 g/mol. The van der Waals surface area contributed by atoms with Crippen LogP contribution in [0.15, 0.2) is 34.8 Å². The Balaban J connectivity index is 2.18. The SMILES string of the molecule is COc1cc(CNc2ccc(Br)cc2F)cc(Cl)c1OC. The molecule has 0 heterocycles. The highest BCUT2D eigenvalue weighted by molar-refractivity contribution is 9.10. The summed E-state index contributed by atoms with van der Waals surface area (Å²) in [6.07, 6.45) is 0. The lowest BCUT2D eigenvalue weighted by Gasteiger charge is -2.13. The number of hydrogen-bond donors (Lipinski definition) is 1. The summed E-state index contributed by atoms with van der Waals surface area (Å²) in [5.74, 6) is 0.701. The molecule has 2 rings (SSSR count). The minimum absolute atomic E-state index is 0.323. The third kappa shape index (κ3) is 3.80. The summed E-state index contributed by atoms with van der Waals surface area (Å²) in [7, 11) is 3.07. The first-order valence-electron chi connectivity index (χ1n) is 6.14. The van der Waals surface area contributed by atoms with E-state index in [1.54, 1.807) is 31.4 Å². The molecule has 6 heteroatoms. The molecular weight excluding hydrogens is 361 g/mol. The molecule has 0 amide bonds. The maximum absolute atomic E-state index is 13.7. The fraction of sp³-hybridized carbons (Fsp3) is 0.200. The van der Waals surface area contributed by atoms with Crippen LogP contribution in [0.4, 0.5) is 10.1 Å². The summed E-state index contributed by atoms with van der Waals surface area (Å²) in [4.78, 5) is 0. The van der Waals surface area contributed by atoms with Crippen molar-refractivity contribution < 1.29 is 13.9 Å². The van der Waals surface area contributed by atoms with E-state index < -0.39 is 0 Å². The zero-order valence-corrected chi connectivity index (χ0v) is 13.9. The van der Waals surface area contributed by atoms with Crippen molar-refractivity contribution in [3.05, 3.63) is 51.2 Å².